The third-order valence-corrected chi connectivity index (χ3v) is 4.77. The summed E-state index contributed by atoms with van der Waals surface area (Å²) in [4.78, 5) is 33.4. The molecule has 1 unspecified atom stereocenters. The number of carboxylic acid groups (broad SMARTS) is 2. The summed E-state index contributed by atoms with van der Waals surface area (Å²) in [6, 6.07) is 8.32. The van der Waals surface area contributed by atoms with Crippen LogP contribution in [0.5, 0.6) is 0 Å². The fraction of sp³-hybridized carbons (Fsp3) is 0.400. The van der Waals surface area contributed by atoms with Crippen LogP contribution < -0.4 is 0 Å². The molecule has 0 saturated carbocycles. The monoisotopic (exact) mass is 413 g/mol. The van der Waals surface area contributed by atoms with Gasteiger partial charge in [0.15, 0.2) is 0 Å². The molecule has 3 heterocycles. The van der Waals surface area contributed by atoms with Gasteiger partial charge in [-0.15, -0.1) is 19.8 Å². The molecule has 1 fully saturated rings. The number of carboxylic acids is 2. The predicted molar refractivity (Wildman–Crippen MR) is 110 cm³/mol. The first kappa shape index (κ1) is 21.3. The largest absolute Gasteiger partial charge is 0.478 e. The fourth-order valence-electron chi connectivity index (χ4n) is 3.27. The van der Waals surface area contributed by atoms with Crippen molar-refractivity contribution in [3.8, 4) is 0 Å². The number of rotatable bonds is 2. The van der Waals surface area contributed by atoms with Gasteiger partial charge in [-0.1, -0.05) is 18.2 Å². The highest BCUT2D eigenvalue weighted by Gasteiger charge is 2.36. The smallest absolute Gasteiger partial charge is 0.373 e. The highest BCUT2D eigenvalue weighted by atomic mass is 16.4. The standard InChI is InChI=1S/C16H21N6.C4H4O4/c1-12-17-15-11-13-5-3-4-6-14(13)18-16(22(15)19-12)21-9-7-20(2)8-10-21;5-3(6)1-2-4(7)8/h3-6,12H,7-11H2,1-2H3;1-2H,(H,5,6)(H,7,8)/q+1;/b;2-1-. The zero-order chi connectivity index (χ0) is 21.7. The van der Waals surface area contributed by atoms with E-state index in [9.17, 15) is 9.59 Å². The molecule has 1 saturated heterocycles. The number of para-hydroxylation sites is 1. The number of benzene rings is 1. The van der Waals surface area contributed by atoms with Gasteiger partial charge >= 0.3 is 17.9 Å². The maximum absolute atomic E-state index is 9.55. The molecule has 158 valence electrons. The van der Waals surface area contributed by atoms with Gasteiger partial charge in [0.1, 0.15) is 5.69 Å². The van der Waals surface area contributed by atoms with Crippen molar-refractivity contribution in [2.24, 2.45) is 15.1 Å². The van der Waals surface area contributed by atoms with E-state index in [1.54, 1.807) is 0 Å². The van der Waals surface area contributed by atoms with Gasteiger partial charge in [0.2, 0.25) is 12.0 Å². The molecule has 2 N–H and O–H groups in total. The number of hydrogen-bond donors (Lipinski definition) is 2. The zero-order valence-corrected chi connectivity index (χ0v) is 17.0. The summed E-state index contributed by atoms with van der Waals surface area (Å²) in [5.41, 5.74) is 2.26. The van der Waals surface area contributed by atoms with Crippen molar-refractivity contribution < 1.29 is 24.5 Å². The number of azo groups is 2. The topological polar surface area (TPSA) is 121 Å². The van der Waals surface area contributed by atoms with Crippen LogP contribution in [0.25, 0.3) is 0 Å². The van der Waals surface area contributed by atoms with Crippen LogP contribution in [0.1, 0.15) is 12.5 Å². The molecule has 0 amide bonds. The van der Waals surface area contributed by atoms with Gasteiger partial charge < -0.3 is 15.1 Å². The van der Waals surface area contributed by atoms with Gasteiger partial charge in [-0.3, -0.25) is 4.90 Å². The number of aliphatic carboxylic acids is 2. The number of likely N-dealkylation sites (N-methyl/N-ethyl adjacent to an activating group) is 1. The number of hydrogen-bond acceptors (Lipinski definition) is 7. The minimum absolute atomic E-state index is 0.0158. The molecule has 4 rings (SSSR count). The number of carbonyl (C=O) groups is 2. The maximum Gasteiger partial charge on any atom is 0.373 e. The van der Waals surface area contributed by atoms with Crippen LogP contribution in [0.15, 0.2) is 51.5 Å². The number of guanidine groups is 1. The Morgan fingerprint density at radius 2 is 1.73 bits per heavy atom. The summed E-state index contributed by atoms with van der Waals surface area (Å²) in [5.74, 6) is -0.573. The van der Waals surface area contributed by atoms with Gasteiger partial charge in [-0.25, -0.2) is 9.59 Å². The second-order valence-electron chi connectivity index (χ2n) is 7.12. The van der Waals surface area contributed by atoms with Crippen molar-refractivity contribution in [3.05, 3.63) is 42.0 Å². The number of amidine groups is 1. The van der Waals surface area contributed by atoms with Gasteiger partial charge in [0.05, 0.1) is 19.5 Å². The number of nitrogens with zero attached hydrogens (tertiary/aromatic N) is 6. The molecule has 3 aliphatic rings. The molecule has 0 aliphatic carbocycles. The SMILES string of the molecule is CC1N=C2Cc3ccccc3N=C(N3CCN(C)CC3)[N+]2=N1.O=C(O)/C=C\C(=O)O. The highest BCUT2D eigenvalue weighted by Crippen LogP contribution is 2.26. The lowest BCUT2D eigenvalue weighted by Crippen LogP contribution is -2.50. The van der Waals surface area contributed by atoms with Crippen LogP contribution in [0.2, 0.25) is 0 Å². The average Bonchev–Trinajstić information content (AvgIpc) is 2.99. The molecule has 1 aromatic carbocycles. The third kappa shape index (κ3) is 5.35. The Hall–Kier alpha value is -3.40. The molecule has 0 radical (unpaired) electrons. The minimum Gasteiger partial charge on any atom is -0.478 e. The number of aliphatic imine (C=N–C) groups is 2. The van der Waals surface area contributed by atoms with Crippen LogP contribution in [0.3, 0.4) is 0 Å². The molecule has 3 aliphatic heterocycles. The van der Waals surface area contributed by atoms with E-state index in [4.69, 9.17) is 15.2 Å². The van der Waals surface area contributed by atoms with Crippen molar-refractivity contribution in [2.45, 2.75) is 19.5 Å². The first-order valence-electron chi connectivity index (χ1n) is 9.65. The summed E-state index contributed by atoms with van der Waals surface area (Å²) in [7, 11) is 2.16. The second kappa shape index (κ2) is 9.40. The van der Waals surface area contributed by atoms with Gasteiger partial charge in [0.25, 0.3) is 0 Å². The molecule has 10 heteroatoms. The van der Waals surface area contributed by atoms with Crippen molar-refractivity contribution in [1.82, 2.24) is 9.80 Å². The van der Waals surface area contributed by atoms with Crippen molar-refractivity contribution >= 4 is 29.4 Å². The maximum atomic E-state index is 9.55. The van der Waals surface area contributed by atoms with Gasteiger partial charge in [-0.05, 0) is 20.0 Å². The Labute approximate surface area is 174 Å². The van der Waals surface area contributed by atoms with Gasteiger partial charge in [-0.2, -0.15) is 0 Å². The second-order valence-corrected chi connectivity index (χ2v) is 7.12. The predicted octanol–water partition coefficient (Wildman–Crippen LogP) is 1.41. The third-order valence-electron chi connectivity index (χ3n) is 4.77. The molecule has 0 spiro atoms. The van der Waals surface area contributed by atoms with Crippen LogP contribution in [0, 0.1) is 0 Å². The van der Waals surface area contributed by atoms with E-state index in [-0.39, 0.29) is 6.17 Å². The van der Waals surface area contributed by atoms with E-state index in [0.717, 1.165) is 50.1 Å². The fourth-order valence-corrected chi connectivity index (χ4v) is 3.27. The summed E-state index contributed by atoms with van der Waals surface area (Å²) in [5, 5.41) is 20.3. The quantitative estimate of drug-likeness (QED) is 0.559. The number of fused-ring (bicyclic) bond motifs is 2. The molecular formula is C20H25N6O4+. The van der Waals surface area contributed by atoms with E-state index >= 15 is 0 Å². The Balaban J connectivity index is 0.000000275. The van der Waals surface area contributed by atoms with E-state index in [1.165, 1.54) is 5.56 Å². The lowest BCUT2D eigenvalue weighted by Gasteiger charge is -2.30. The zero-order valence-electron chi connectivity index (χ0n) is 17.0. The summed E-state index contributed by atoms with van der Waals surface area (Å²) >= 11 is 0. The Morgan fingerprint density at radius 1 is 1.10 bits per heavy atom. The van der Waals surface area contributed by atoms with Crippen LogP contribution in [-0.4, -0.2) is 87.8 Å². The normalized spacial score (nSPS) is 20.8. The van der Waals surface area contributed by atoms with E-state index in [0.29, 0.717) is 12.2 Å². The summed E-state index contributed by atoms with van der Waals surface area (Å²) < 4.78 is 1.97. The van der Waals surface area contributed by atoms with E-state index in [2.05, 4.69) is 45.2 Å². The first-order valence-corrected chi connectivity index (χ1v) is 9.65. The van der Waals surface area contributed by atoms with Crippen LogP contribution in [0.4, 0.5) is 5.69 Å². The van der Waals surface area contributed by atoms with Crippen molar-refractivity contribution in [2.75, 3.05) is 33.2 Å². The lowest BCUT2D eigenvalue weighted by atomic mass is 10.1. The summed E-state index contributed by atoms with van der Waals surface area (Å²) in [6.45, 7) is 6.08. The lowest BCUT2D eigenvalue weighted by molar-refractivity contribution is -0.368. The average molecular weight is 413 g/mol. The van der Waals surface area contributed by atoms with Crippen molar-refractivity contribution in [3.63, 3.8) is 0 Å². The van der Waals surface area contributed by atoms with Crippen LogP contribution in [-0.2, 0) is 16.0 Å². The van der Waals surface area contributed by atoms with E-state index < -0.39 is 11.9 Å². The molecule has 10 nitrogen and oxygen atoms in total. The Bertz CT molecular complexity index is 928. The van der Waals surface area contributed by atoms with Crippen LogP contribution >= 0.6 is 0 Å². The molecule has 0 bridgehead atoms. The molecule has 0 aromatic heterocycles. The molecular weight excluding hydrogens is 388 g/mol. The Kier molecular flexibility index (Phi) is 6.68. The van der Waals surface area contributed by atoms with Crippen molar-refractivity contribution in [1.29, 1.82) is 0 Å². The first-order chi connectivity index (χ1) is 14.3. The molecule has 1 aromatic rings. The molecule has 1 atom stereocenters. The number of piperazine rings is 1. The highest BCUT2D eigenvalue weighted by molar-refractivity contribution is 5.92. The minimum atomic E-state index is -1.26. The Morgan fingerprint density at radius 3 is 2.37 bits per heavy atom. The van der Waals surface area contributed by atoms with Gasteiger partial charge in [0, 0.05) is 30.8 Å². The summed E-state index contributed by atoms with van der Waals surface area (Å²) in [6.07, 6.45) is 1.90. The molecule has 30 heavy (non-hydrogen) atoms. The van der Waals surface area contributed by atoms with E-state index in [1.807, 2.05) is 17.7 Å².